The number of hydrogen-bond donors (Lipinski definition) is 2. The molecule has 3 N–H and O–H groups in total. The summed E-state index contributed by atoms with van der Waals surface area (Å²) in [5, 5.41) is 7.20. The van der Waals surface area contributed by atoms with E-state index in [-0.39, 0.29) is 0 Å². The van der Waals surface area contributed by atoms with Crippen LogP contribution in [0.2, 0.25) is 0 Å². The Balaban J connectivity index is 2.28. The van der Waals surface area contributed by atoms with Gasteiger partial charge in [0.1, 0.15) is 16.3 Å². The molecule has 1 aliphatic carbocycles. The van der Waals surface area contributed by atoms with Gasteiger partial charge in [0.05, 0.1) is 0 Å². The number of halogens is 2. The largest absolute Gasteiger partial charge is 0.352 e. The van der Waals surface area contributed by atoms with Crippen molar-refractivity contribution in [3.8, 4) is 0 Å². The standard InChI is InChI=1S/C12H14F2N2O3S/c1-6-4-7(6)5-16-12(17)10-8(13)2-3-9(11(10)14)20(15,18)19/h2-3,6-7H,4-5H2,1H3,(H,16,17)(H2,15,18,19). The number of primary sulfonamides is 1. The second-order valence-electron chi connectivity index (χ2n) is 4.96. The molecular formula is C12H14F2N2O3S. The van der Waals surface area contributed by atoms with E-state index in [9.17, 15) is 22.0 Å². The zero-order valence-corrected chi connectivity index (χ0v) is 11.5. The molecule has 110 valence electrons. The van der Waals surface area contributed by atoms with E-state index in [1.54, 1.807) is 0 Å². The fraction of sp³-hybridized carbons (Fsp3) is 0.417. The van der Waals surface area contributed by atoms with E-state index in [1.807, 2.05) is 6.92 Å². The summed E-state index contributed by atoms with van der Waals surface area (Å²) in [7, 11) is -4.36. The summed E-state index contributed by atoms with van der Waals surface area (Å²) in [6, 6.07) is 1.40. The third-order valence-corrected chi connectivity index (χ3v) is 4.32. The van der Waals surface area contributed by atoms with Gasteiger partial charge < -0.3 is 5.32 Å². The van der Waals surface area contributed by atoms with E-state index < -0.39 is 38.0 Å². The van der Waals surface area contributed by atoms with Crippen LogP contribution in [0.4, 0.5) is 8.78 Å². The van der Waals surface area contributed by atoms with Crippen LogP contribution in [0.1, 0.15) is 23.7 Å². The third kappa shape index (κ3) is 2.96. The molecule has 1 aliphatic rings. The van der Waals surface area contributed by atoms with Crippen molar-refractivity contribution in [2.24, 2.45) is 17.0 Å². The van der Waals surface area contributed by atoms with Crippen molar-refractivity contribution in [2.45, 2.75) is 18.2 Å². The Hall–Kier alpha value is -1.54. The average Bonchev–Trinajstić information content (AvgIpc) is 3.01. The first-order chi connectivity index (χ1) is 9.21. The molecule has 1 saturated carbocycles. The Bertz CT molecular complexity index is 661. The molecule has 0 aliphatic heterocycles. The lowest BCUT2D eigenvalue weighted by Gasteiger charge is -2.09. The van der Waals surface area contributed by atoms with E-state index in [0.717, 1.165) is 6.42 Å². The molecule has 0 heterocycles. The summed E-state index contributed by atoms with van der Waals surface area (Å²) >= 11 is 0. The minimum absolute atomic E-state index is 0.298. The van der Waals surface area contributed by atoms with Crippen LogP contribution in [-0.2, 0) is 10.0 Å². The van der Waals surface area contributed by atoms with Crippen LogP contribution in [0, 0.1) is 23.5 Å². The summed E-state index contributed by atoms with van der Waals surface area (Å²) in [6.45, 7) is 2.30. The molecular weight excluding hydrogens is 290 g/mol. The summed E-state index contributed by atoms with van der Waals surface area (Å²) < 4.78 is 49.8. The number of amides is 1. The van der Waals surface area contributed by atoms with E-state index in [2.05, 4.69) is 5.32 Å². The van der Waals surface area contributed by atoms with Crippen molar-refractivity contribution < 1.29 is 22.0 Å². The zero-order valence-electron chi connectivity index (χ0n) is 10.7. The quantitative estimate of drug-likeness (QED) is 0.869. The number of hydrogen-bond acceptors (Lipinski definition) is 3. The molecule has 0 bridgehead atoms. The van der Waals surface area contributed by atoms with Crippen LogP contribution < -0.4 is 10.5 Å². The SMILES string of the molecule is CC1CC1CNC(=O)c1c(F)ccc(S(N)(=O)=O)c1F. The molecule has 1 fully saturated rings. The highest BCUT2D eigenvalue weighted by molar-refractivity contribution is 7.89. The fourth-order valence-electron chi connectivity index (χ4n) is 1.96. The van der Waals surface area contributed by atoms with Gasteiger partial charge in [-0.25, -0.2) is 22.3 Å². The molecule has 0 aromatic heterocycles. The second-order valence-corrected chi connectivity index (χ2v) is 6.49. The van der Waals surface area contributed by atoms with Gasteiger partial charge in [-0.2, -0.15) is 0 Å². The maximum absolute atomic E-state index is 13.9. The number of benzene rings is 1. The molecule has 20 heavy (non-hydrogen) atoms. The molecule has 2 rings (SSSR count). The summed E-state index contributed by atoms with van der Waals surface area (Å²) in [4.78, 5) is 10.9. The van der Waals surface area contributed by atoms with Crippen molar-refractivity contribution in [3.05, 3.63) is 29.3 Å². The van der Waals surface area contributed by atoms with E-state index in [4.69, 9.17) is 5.14 Å². The van der Waals surface area contributed by atoms with Gasteiger partial charge in [0.25, 0.3) is 5.91 Å². The minimum Gasteiger partial charge on any atom is -0.352 e. The Morgan fingerprint density at radius 2 is 2.05 bits per heavy atom. The summed E-state index contributed by atoms with van der Waals surface area (Å²) in [6.07, 6.45) is 0.947. The lowest BCUT2D eigenvalue weighted by Crippen LogP contribution is -2.29. The van der Waals surface area contributed by atoms with E-state index >= 15 is 0 Å². The second kappa shape index (κ2) is 5.10. The number of nitrogens with two attached hydrogens (primary N) is 1. The molecule has 5 nitrogen and oxygen atoms in total. The lowest BCUT2D eigenvalue weighted by atomic mass is 10.2. The molecule has 0 spiro atoms. The first-order valence-electron chi connectivity index (χ1n) is 6.00. The maximum atomic E-state index is 13.9. The van der Waals surface area contributed by atoms with Crippen molar-refractivity contribution in [1.82, 2.24) is 5.32 Å². The van der Waals surface area contributed by atoms with Gasteiger partial charge in [-0.15, -0.1) is 0 Å². The number of carbonyl (C=O) groups excluding carboxylic acids is 1. The zero-order chi connectivity index (χ0) is 15.1. The number of rotatable bonds is 4. The molecule has 2 unspecified atom stereocenters. The minimum atomic E-state index is -4.36. The van der Waals surface area contributed by atoms with Crippen LogP contribution in [0.3, 0.4) is 0 Å². The first kappa shape index (κ1) is 14.9. The van der Waals surface area contributed by atoms with E-state index in [0.29, 0.717) is 30.5 Å². The summed E-state index contributed by atoms with van der Waals surface area (Å²) in [5.41, 5.74) is -0.926. The van der Waals surface area contributed by atoms with Gasteiger partial charge in [0.2, 0.25) is 10.0 Å². The average molecular weight is 304 g/mol. The van der Waals surface area contributed by atoms with Crippen molar-refractivity contribution in [3.63, 3.8) is 0 Å². The highest BCUT2D eigenvalue weighted by atomic mass is 32.2. The number of carbonyl (C=O) groups is 1. The summed E-state index contributed by atoms with van der Waals surface area (Å²) in [5.74, 6) is -2.80. The molecule has 2 atom stereocenters. The van der Waals surface area contributed by atoms with Crippen molar-refractivity contribution >= 4 is 15.9 Å². The van der Waals surface area contributed by atoms with Crippen molar-refractivity contribution in [2.75, 3.05) is 6.54 Å². The van der Waals surface area contributed by atoms with Crippen molar-refractivity contribution in [1.29, 1.82) is 0 Å². The van der Waals surface area contributed by atoms with Crippen LogP contribution in [0.15, 0.2) is 17.0 Å². The monoisotopic (exact) mass is 304 g/mol. The third-order valence-electron chi connectivity index (χ3n) is 3.39. The van der Waals surface area contributed by atoms with Gasteiger partial charge >= 0.3 is 0 Å². The van der Waals surface area contributed by atoms with Gasteiger partial charge in [0.15, 0.2) is 5.82 Å². The first-order valence-corrected chi connectivity index (χ1v) is 7.55. The molecule has 1 aromatic rings. The lowest BCUT2D eigenvalue weighted by molar-refractivity contribution is 0.0942. The predicted octanol–water partition coefficient (Wildman–Crippen LogP) is 0.998. The molecule has 0 radical (unpaired) electrons. The van der Waals surface area contributed by atoms with Crippen LogP contribution in [-0.4, -0.2) is 20.9 Å². The topological polar surface area (TPSA) is 89.3 Å². The maximum Gasteiger partial charge on any atom is 0.257 e. The highest BCUT2D eigenvalue weighted by Crippen LogP contribution is 2.36. The van der Waals surface area contributed by atoms with Gasteiger partial charge in [-0.1, -0.05) is 6.92 Å². The van der Waals surface area contributed by atoms with Gasteiger partial charge in [-0.05, 0) is 30.4 Å². The normalized spacial score (nSPS) is 21.6. The highest BCUT2D eigenvalue weighted by Gasteiger charge is 2.33. The predicted molar refractivity (Wildman–Crippen MR) is 67.3 cm³/mol. The molecule has 1 aromatic carbocycles. The number of sulfonamides is 1. The van der Waals surface area contributed by atoms with Crippen LogP contribution >= 0.6 is 0 Å². The van der Waals surface area contributed by atoms with Crippen LogP contribution in [0.5, 0.6) is 0 Å². The molecule has 1 amide bonds. The molecule has 0 saturated heterocycles. The Labute approximate surface area is 115 Å². The molecule has 8 heteroatoms. The van der Waals surface area contributed by atoms with Gasteiger partial charge in [-0.3, -0.25) is 4.79 Å². The van der Waals surface area contributed by atoms with Crippen LogP contribution in [0.25, 0.3) is 0 Å². The number of nitrogens with one attached hydrogen (secondary N) is 1. The van der Waals surface area contributed by atoms with E-state index in [1.165, 1.54) is 0 Å². The Kier molecular flexibility index (Phi) is 3.79. The Morgan fingerprint density at radius 3 is 2.55 bits per heavy atom. The van der Waals surface area contributed by atoms with Gasteiger partial charge in [0, 0.05) is 6.54 Å². The fourth-order valence-corrected chi connectivity index (χ4v) is 2.57. The Morgan fingerprint density at radius 1 is 1.45 bits per heavy atom. The smallest absolute Gasteiger partial charge is 0.257 e.